The highest BCUT2D eigenvalue weighted by Gasteiger charge is 2.24. The lowest BCUT2D eigenvalue weighted by Gasteiger charge is -2.12. The molecule has 1 heterocycles. The van der Waals surface area contributed by atoms with Crippen molar-refractivity contribution in [3.05, 3.63) is 59.2 Å². The minimum absolute atomic E-state index is 0.118. The number of para-hydroxylation sites is 1. The number of fused-ring (bicyclic) bond motifs is 1. The first-order chi connectivity index (χ1) is 11.2. The maximum atomic E-state index is 12.5. The summed E-state index contributed by atoms with van der Waals surface area (Å²) in [6, 6.07) is 14.7. The summed E-state index contributed by atoms with van der Waals surface area (Å²) in [7, 11) is 0. The molecule has 23 heavy (non-hydrogen) atoms. The van der Waals surface area contributed by atoms with E-state index in [1.807, 2.05) is 6.07 Å². The Labute approximate surface area is 136 Å². The van der Waals surface area contributed by atoms with Gasteiger partial charge in [-0.15, -0.1) is 0 Å². The molecule has 0 radical (unpaired) electrons. The lowest BCUT2D eigenvalue weighted by atomic mass is 10.1. The number of nitrogens with one attached hydrogen (secondary N) is 2. The number of hydrazine groups is 1. The van der Waals surface area contributed by atoms with Gasteiger partial charge in [0.25, 0.3) is 0 Å². The normalized spacial score (nSPS) is 11.8. The van der Waals surface area contributed by atoms with Crippen LogP contribution < -0.4 is 10.9 Å². The van der Waals surface area contributed by atoms with Crippen molar-refractivity contribution in [2.45, 2.75) is 6.04 Å². The first-order valence-electron chi connectivity index (χ1n) is 6.74. The van der Waals surface area contributed by atoms with Crippen LogP contribution in [0.2, 0.25) is 5.02 Å². The number of nitrogens with zero attached hydrogens (tertiary/aromatic N) is 2. The molecule has 3 aromatic rings. The maximum absolute atomic E-state index is 12.5. The summed E-state index contributed by atoms with van der Waals surface area (Å²) in [6.07, 6.45) is 0. The van der Waals surface area contributed by atoms with Gasteiger partial charge in [0.2, 0.25) is 5.78 Å². The molecular formula is C16H11ClN4O2. The fraction of sp³-hybridized carbons (Fsp3) is 0.0625. The van der Waals surface area contributed by atoms with Crippen LogP contribution in [-0.2, 0) is 0 Å². The zero-order valence-electron chi connectivity index (χ0n) is 11.8. The van der Waals surface area contributed by atoms with Gasteiger partial charge in [-0.05, 0) is 30.3 Å². The van der Waals surface area contributed by atoms with Crippen molar-refractivity contribution in [2.24, 2.45) is 0 Å². The summed E-state index contributed by atoms with van der Waals surface area (Å²) in [5.41, 5.74) is 6.70. The second-order valence-electron chi connectivity index (χ2n) is 4.73. The Bertz CT molecular complexity index is 900. The molecular weight excluding hydrogens is 316 g/mol. The maximum Gasteiger partial charge on any atom is 0.218 e. The van der Waals surface area contributed by atoms with Gasteiger partial charge in [-0.25, -0.2) is 5.43 Å². The Kier molecular flexibility index (Phi) is 4.24. The van der Waals surface area contributed by atoms with E-state index in [1.165, 1.54) is 0 Å². The third-order valence-electron chi connectivity index (χ3n) is 3.19. The van der Waals surface area contributed by atoms with Gasteiger partial charge in [0.1, 0.15) is 0 Å². The highest BCUT2D eigenvalue weighted by atomic mass is 35.5. The van der Waals surface area contributed by atoms with Gasteiger partial charge in [0.15, 0.2) is 17.3 Å². The Morgan fingerprint density at radius 1 is 1.26 bits per heavy atom. The highest BCUT2D eigenvalue weighted by Crippen LogP contribution is 2.19. The minimum Gasteiger partial charge on any atom is -0.356 e. The average Bonchev–Trinajstić information content (AvgIpc) is 2.99. The summed E-state index contributed by atoms with van der Waals surface area (Å²) >= 11 is 5.88. The SMILES string of the molecule is N#CC(NNc1cccc(Cl)c1)C(=O)c1noc2ccccc12. The third kappa shape index (κ3) is 3.16. The molecule has 0 saturated carbocycles. The van der Waals surface area contributed by atoms with E-state index in [9.17, 15) is 10.1 Å². The van der Waals surface area contributed by atoms with Crippen LogP contribution in [-0.4, -0.2) is 17.0 Å². The number of carbonyl (C=O) groups is 1. The van der Waals surface area contributed by atoms with Gasteiger partial charge >= 0.3 is 0 Å². The topological polar surface area (TPSA) is 91.0 Å². The summed E-state index contributed by atoms with van der Waals surface area (Å²) < 4.78 is 5.10. The second kappa shape index (κ2) is 6.48. The van der Waals surface area contributed by atoms with E-state index >= 15 is 0 Å². The molecule has 1 atom stereocenters. The zero-order chi connectivity index (χ0) is 16.2. The van der Waals surface area contributed by atoms with Crippen LogP contribution >= 0.6 is 11.6 Å². The molecule has 1 aromatic heterocycles. The molecule has 3 rings (SSSR count). The van der Waals surface area contributed by atoms with Crippen LogP contribution in [0.15, 0.2) is 53.1 Å². The monoisotopic (exact) mass is 326 g/mol. The van der Waals surface area contributed by atoms with Crippen LogP contribution in [0.25, 0.3) is 11.0 Å². The second-order valence-corrected chi connectivity index (χ2v) is 5.17. The number of aromatic nitrogens is 1. The number of ketones is 1. The zero-order valence-corrected chi connectivity index (χ0v) is 12.5. The number of Topliss-reactive ketones (excluding diaryl/α,β-unsaturated/α-hetero) is 1. The molecule has 0 amide bonds. The van der Waals surface area contributed by atoms with E-state index in [4.69, 9.17) is 16.1 Å². The molecule has 0 saturated heterocycles. The summed E-state index contributed by atoms with van der Waals surface area (Å²) in [5.74, 6) is -0.480. The Hall–Kier alpha value is -2.88. The third-order valence-corrected chi connectivity index (χ3v) is 3.42. The molecule has 114 valence electrons. The Balaban J connectivity index is 1.78. The van der Waals surface area contributed by atoms with Crippen molar-refractivity contribution in [1.82, 2.24) is 10.6 Å². The van der Waals surface area contributed by atoms with Crippen LogP contribution in [0.1, 0.15) is 10.5 Å². The van der Waals surface area contributed by atoms with E-state index < -0.39 is 11.8 Å². The fourth-order valence-corrected chi connectivity index (χ4v) is 2.27. The number of nitriles is 1. The quantitative estimate of drug-likeness (QED) is 0.553. The lowest BCUT2D eigenvalue weighted by molar-refractivity contribution is 0.0962. The van der Waals surface area contributed by atoms with Crippen LogP contribution in [0.5, 0.6) is 0 Å². The van der Waals surface area contributed by atoms with Gasteiger partial charge in [0.05, 0.1) is 17.1 Å². The number of anilines is 1. The standard InChI is InChI=1S/C16H11ClN4O2/c17-10-4-3-5-11(8-10)19-20-13(9-18)16(22)15-12-6-1-2-7-14(12)23-21-15/h1-8,13,19-20H. The molecule has 0 aliphatic carbocycles. The molecule has 1 unspecified atom stereocenters. The van der Waals surface area contributed by atoms with Crippen LogP contribution in [0.4, 0.5) is 5.69 Å². The van der Waals surface area contributed by atoms with Crippen molar-refractivity contribution in [3.63, 3.8) is 0 Å². The number of hydrogen-bond donors (Lipinski definition) is 2. The summed E-state index contributed by atoms with van der Waals surface area (Å²) in [4.78, 5) is 12.5. The molecule has 0 bridgehead atoms. The van der Waals surface area contributed by atoms with Crippen molar-refractivity contribution in [2.75, 3.05) is 5.43 Å². The molecule has 6 nitrogen and oxygen atoms in total. The van der Waals surface area contributed by atoms with Gasteiger partial charge < -0.3 is 9.95 Å². The number of rotatable bonds is 5. The van der Waals surface area contributed by atoms with Gasteiger partial charge in [-0.1, -0.05) is 35.0 Å². The van der Waals surface area contributed by atoms with Crippen molar-refractivity contribution < 1.29 is 9.32 Å². The number of halogens is 1. The minimum atomic E-state index is -1.12. The first kappa shape index (κ1) is 15.0. The van der Waals surface area contributed by atoms with Crippen LogP contribution in [0.3, 0.4) is 0 Å². The number of carbonyl (C=O) groups excluding carboxylic acids is 1. The molecule has 2 aromatic carbocycles. The number of benzene rings is 2. The van der Waals surface area contributed by atoms with Crippen LogP contribution in [0, 0.1) is 11.3 Å². The van der Waals surface area contributed by atoms with Gasteiger partial charge in [-0.2, -0.15) is 5.26 Å². The van der Waals surface area contributed by atoms with Gasteiger partial charge in [-0.3, -0.25) is 4.79 Å². The average molecular weight is 327 g/mol. The Morgan fingerprint density at radius 3 is 2.87 bits per heavy atom. The lowest BCUT2D eigenvalue weighted by Crippen LogP contribution is -2.39. The Morgan fingerprint density at radius 2 is 2.09 bits per heavy atom. The van der Waals surface area contributed by atoms with Crippen molar-refractivity contribution >= 4 is 34.0 Å². The van der Waals surface area contributed by atoms with E-state index in [-0.39, 0.29) is 5.69 Å². The molecule has 0 fully saturated rings. The van der Waals surface area contributed by atoms with E-state index in [2.05, 4.69) is 16.0 Å². The smallest absolute Gasteiger partial charge is 0.218 e. The largest absolute Gasteiger partial charge is 0.356 e. The summed E-state index contributed by atoms with van der Waals surface area (Å²) in [5, 5.41) is 14.1. The molecule has 0 aliphatic rings. The predicted octanol–water partition coefficient (Wildman–Crippen LogP) is 3.17. The number of hydrogen-bond acceptors (Lipinski definition) is 6. The highest BCUT2D eigenvalue weighted by molar-refractivity contribution is 6.30. The molecule has 2 N–H and O–H groups in total. The molecule has 0 spiro atoms. The van der Waals surface area contributed by atoms with Crippen molar-refractivity contribution in [1.29, 1.82) is 5.26 Å². The van der Waals surface area contributed by atoms with E-state index in [0.717, 1.165) is 0 Å². The first-order valence-corrected chi connectivity index (χ1v) is 7.12. The van der Waals surface area contributed by atoms with Gasteiger partial charge in [0, 0.05) is 5.02 Å². The fourth-order valence-electron chi connectivity index (χ4n) is 2.08. The molecule has 0 aliphatic heterocycles. The van der Waals surface area contributed by atoms with E-state index in [1.54, 1.807) is 48.5 Å². The van der Waals surface area contributed by atoms with Crippen molar-refractivity contribution in [3.8, 4) is 6.07 Å². The summed E-state index contributed by atoms with van der Waals surface area (Å²) in [6.45, 7) is 0. The predicted molar refractivity (Wildman–Crippen MR) is 86.0 cm³/mol. The molecule has 7 heteroatoms. The van der Waals surface area contributed by atoms with E-state index in [0.29, 0.717) is 21.7 Å².